The van der Waals surface area contributed by atoms with Crippen LogP contribution in [0.1, 0.15) is 25.6 Å². The van der Waals surface area contributed by atoms with E-state index < -0.39 is 0 Å². The predicted molar refractivity (Wildman–Crippen MR) is 61.3 cm³/mol. The molecule has 1 fully saturated rings. The van der Waals surface area contributed by atoms with Crippen molar-refractivity contribution < 1.29 is 9.53 Å². The lowest BCUT2D eigenvalue weighted by atomic mass is 10.2. The van der Waals surface area contributed by atoms with Crippen LogP contribution in [0, 0.1) is 5.92 Å². The lowest BCUT2D eigenvalue weighted by Gasteiger charge is -2.08. The Morgan fingerprint density at radius 1 is 1.31 bits per heavy atom. The maximum Gasteiger partial charge on any atom is 0.356 e. The molecule has 0 bridgehead atoms. The molecule has 2 rings (SSSR count). The molecular weight excluding hydrogens is 202 g/mol. The number of esters is 1. The molecule has 1 aliphatic heterocycles. The van der Waals surface area contributed by atoms with E-state index in [2.05, 4.69) is 5.32 Å². The van der Waals surface area contributed by atoms with E-state index in [1.54, 1.807) is 0 Å². The molecule has 1 aliphatic rings. The number of carbonyl (C=O) groups is 1. The Balaban J connectivity index is 2.16. The van der Waals surface area contributed by atoms with Crippen LogP contribution in [0.2, 0.25) is 0 Å². The van der Waals surface area contributed by atoms with Gasteiger partial charge in [-0.2, -0.15) is 0 Å². The topological polar surface area (TPSA) is 38.3 Å². The second kappa shape index (κ2) is 4.39. The largest absolute Gasteiger partial charge is 0.433 e. The summed E-state index contributed by atoms with van der Waals surface area (Å²) < 4.78 is 5.24. The SMILES string of the molecule is CC(C)C=C1NC(c2ccccc2)OC1=O. The smallest absolute Gasteiger partial charge is 0.356 e. The molecule has 0 aliphatic carbocycles. The average Bonchev–Trinajstić information content (AvgIpc) is 2.61. The van der Waals surface area contributed by atoms with Crippen LogP contribution in [-0.4, -0.2) is 5.97 Å². The van der Waals surface area contributed by atoms with E-state index in [-0.39, 0.29) is 12.2 Å². The summed E-state index contributed by atoms with van der Waals surface area (Å²) in [5.41, 5.74) is 1.52. The van der Waals surface area contributed by atoms with Gasteiger partial charge in [0.1, 0.15) is 5.70 Å². The van der Waals surface area contributed by atoms with E-state index in [0.29, 0.717) is 11.6 Å². The summed E-state index contributed by atoms with van der Waals surface area (Å²) in [4.78, 5) is 11.5. The normalized spacial score (nSPS) is 22.3. The van der Waals surface area contributed by atoms with Crippen molar-refractivity contribution in [1.29, 1.82) is 0 Å². The quantitative estimate of drug-likeness (QED) is 0.610. The number of hydrogen-bond acceptors (Lipinski definition) is 3. The molecule has 3 heteroatoms. The van der Waals surface area contributed by atoms with Crippen molar-refractivity contribution in [2.24, 2.45) is 5.92 Å². The van der Waals surface area contributed by atoms with Gasteiger partial charge in [0, 0.05) is 5.56 Å². The zero-order valence-electron chi connectivity index (χ0n) is 9.44. The number of cyclic esters (lactones) is 1. The fraction of sp³-hybridized carbons (Fsp3) is 0.308. The Morgan fingerprint density at radius 2 is 2.00 bits per heavy atom. The fourth-order valence-electron chi connectivity index (χ4n) is 1.63. The number of benzene rings is 1. The van der Waals surface area contributed by atoms with Crippen molar-refractivity contribution in [1.82, 2.24) is 5.32 Å². The van der Waals surface area contributed by atoms with Crippen molar-refractivity contribution in [3.63, 3.8) is 0 Å². The first kappa shape index (κ1) is 10.7. The van der Waals surface area contributed by atoms with Crippen LogP contribution in [0.15, 0.2) is 42.1 Å². The molecular formula is C13H15NO2. The average molecular weight is 217 g/mol. The summed E-state index contributed by atoms with van der Waals surface area (Å²) in [5.74, 6) is 0.0483. The molecule has 0 amide bonds. The van der Waals surface area contributed by atoms with Gasteiger partial charge in [-0.3, -0.25) is 0 Å². The van der Waals surface area contributed by atoms with Gasteiger partial charge in [0.15, 0.2) is 6.23 Å². The second-order valence-electron chi connectivity index (χ2n) is 4.16. The van der Waals surface area contributed by atoms with Gasteiger partial charge < -0.3 is 10.1 Å². The lowest BCUT2D eigenvalue weighted by Crippen LogP contribution is -2.13. The lowest BCUT2D eigenvalue weighted by molar-refractivity contribution is -0.139. The van der Waals surface area contributed by atoms with Crippen molar-refractivity contribution in [2.75, 3.05) is 0 Å². The Labute approximate surface area is 95.1 Å². The summed E-state index contributed by atoms with van der Waals surface area (Å²) >= 11 is 0. The van der Waals surface area contributed by atoms with E-state index in [9.17, 15) is 4.79 Å². The van der Waals surface area contributed by atoms with Crippen LogP contribution < -0.4 is 5.32 Å². The third-order valence-electron chi connectivity index (χ3n) is 2.33. The Bertz CT molecular complexity index is 409. The predicted octanol–water partition coefficient (Wildman–Crippen LogP) is 2.37. The van der Waals surface area contributed by atoms with E-state index in [4.69, 9.17) is 4.74 Å². The van der Waals surface area contributed by atoms with Gasteiger partial charge in [0.25, 0.3) is 0 Å². The zero-order chi connectivity index (χ0) is 11.5. The van der Waals surface area contributed by atoms with E-state index in [1.807, 2.05) is 50.3 Å². The molecule has 84 valence electrons. The maximum atomic E-state index is 11.5. The molecule has 3 nitrogen and oxygen atoms in total. The van der Waals surface area contributed by atoms with Crippen LogP contribution in [0.25, 0.3) is 0 Å². The minimum atomic E-state index is -0.348. The first-order valence-electron chi connectivity index (χ1n) is 5.41. The molecule has 0 spiro atoms. The molecule has 1 atom stereocenters. The van der Waals surface area contributed by atoms with Gasteiger partial charge in [-0.25, -0.2) is 4.79 Å². The van der Waals surface area contributed by atoms with Gasteiger partial charge in [0.05, 0.1) is 0 Å². The molecule has 1 saturated heterocycles. The minimum Gasteiger partial charge on any atom is -0.433 e. The number of ether oxygens (including phenoxy) is 1. The minimum absolute atomic E-state index is 0.275. The van der Waals surface area contributed by atoms with Crippen LogP contribution in [0.4, 0.5) is 0 Å². The first-order chi connectivity index (χ1) is 7.66. The Kier molecular flexibility index (Phi) is 2.95. The molecule has 1 heterocycles. The van der Waals surface area contributed by atoms with E-state index in [1.165, 1.54) is 0 Å². The number of rotatable bonds is 2. The van der Waals surface area contributed by atoms with Crippen LogP contribution in [0.3, 0.4) is 0 Å². The monoisotopic (exact) mass is 217 g/mol. The molecule has 0 aromatic heterocycles. The van der Waals surface area contributed by atoms with E-state index >= 15 is 0 Å². The summed E-state index contributed by atoms with van der Waals surface area (Å²) in [6.45, 7) is 4.05. The molecule has 0 radical (unpaired) electrons. The van der Waals surface area contributed by atoms with Crippen molar-refractivity contribution in [3.8, 4) is 0 Å². The van der Waals surface area contributed by atoms with Crippen molar-refractivity contribution in [2.45, 2.75) is 20.1 Å². The molecule has 1 N–H and O–H groups in total. The molecule has 0 saturated carbocycles. The molecule has 1 aromatic rings. The molecule has 1 unspecified atom stereocenters. The standard InChI is InChI=1S/C13H15NO2/c1-9(2)8-11-13(15)16-12(14-11)10-6-4-3-5-7-10/h3-9,12,14H,1-2H3. The third-order valence-corrected chi connectivity index (χ3v) is 2.33. The first-order valence-corrected chi connectivity index (χ1v) is 5.41. The highest BCUT2D eigenvalue weighted by Gasteiger charge is 2.28. The van der Waals surface area contributed by atoms with Gasteiger partial charge in [-0.1, -0.05) is 50.3 Å². The third kappa shape index (κ3) is 2.24. The highest BCUT2D eigenvalue weighted by atomic mass is 16.6. The number of allylic oxidation sites excluding steroid dienone is 1. The Morgan fingerprint density at radius 3 is 2.62 bits per heavy atom. The summed E-state index contributed by atoms with van der Waals surface area (Å²) in [5, 5.41) is 3.08. The van der Waals surface area contributed by atoms with Gasteiger partial charge in [0.2, 0.25) is 0 Å². The van der Waals surface area contributed by atoms with Gasteiger partial charge in [-0.15, -0.1) is 0 Å². The van der Waals surface area contributed by atoms with Crippen molar-refractivity contribution >= 4 is 5.97 Å². The maximum absolute atomic E-state index is 11.5. The zero-order valence-corrected chi connectivity index (χ0v) is 9.44. The van der Waals surface area contributed by atoms with Crippen LogP contribution in [-0.2, 0) is 9.53 Å². The Hall–Kier alpha value is -1.77. The van der Waals surface area contributed by atoms with Gasteiger partial charge >= 0.3 is 5.97 Å². The number of hydrogen-bond donors (Lipinski definition) is 1. The number of carbonyl (C=O) groups excluding carboxylic acids is 1. The van der Waals surface area contributed by atoms with Crippen molar-refractivity contribution in [3.05, 3.63) is 47.7 Å². The van der Waals surface area contributed by atoms with E-state index in [0.717, 1.165) is 5.56 Å². The summed E-state index contributed by atoms with van der Waals surface area (Å²) in [6.07, 6.45) is 1.53. The highest BCUT2D eigenvalue weighted by molar-refractivity contribution is 5.89. The van der Waals surface area contributed by atoms with Gasteiger partial charge in [-0.05, 0) is 5.92 Å². The fourth-order valence-corrected chi connectivity index (χ4v) is 1.63. The molecule has 1 aromatic carbocycles. The summed E-state index contributed by atoms with van der Waals surface area (Å²) in [7, 11) is 0. The number of nitrogens with one attached hydrogen (secondary N) is 1. The van der Waals surface area contributed by atoms with Crippen LogP contribution >= 0.6 is 0 Å². The second-order valence-corrected chi connectivity index (χ2v) is 4.16. The summed E-state index contributed by atoms with van der Waals surface area (Å²) in [6, 6.07) is 9.65. The van der Waals surface area contributed by atoms with Crippen LogP contribution in [0.5, 0.6) is 0 Å². The molecule has 16 heavy (non-hydrogen) atoms. The highest BCUT2D eigenvalue weighted by Crippen LogP contribution is 2.23.